The average molecular weight is 277 g/mol. The average Bonchev–Trinajstić information content (AvgIpc) is 2.46. The van der Waals surface area contributed by atoms with E-state index in [4.69, 9.17) is 16.3 Å². The Morgan fingerprint density at radius 1 is 1.26 bits per heavy atom. The molecule has 4 heteroatoms. The van der Waals surface area contributed by atoms with Crippen LogP contribution in [0.3, 0.4) is 0 Å². The van der Waals surface area contributed by atoms with Crippen molar-refractivity contribution in [1.29, 1.82) is 0 Å². The molecule has 0 saturated carbocycles. The summed E-state index contributed by atoms with van der Waals surface area (Å²) >= 11 is 5.90. The molecule has 19 heavy (non-hydrogen) atoms. The van der Waals surface area contributed by atoms with Crippen LogP contribution in [-0.4, -0.2) is 16.6 Å². The van der Waals surface area contributed by atoms with Crippen LogP contribution in [0.5, 0.6) is 0 Å². The second kappa shape index (κ2) is 6.64. The van der Waals surface area contributed by atoms with Gasteiger partial charge in [0.2, 0.25) is 0 Å². The number of benzene rings is 1. The summed E-state index contributed by atoms with van der Waals surface area (Å²) in [5, 5.41) is 0. The summed E-state index contributed by atoms with van der Waals surface area (Å²) in [4.78, 5) is 8.91. The van der Waals surface area contributed by atoms with Gasteiger partial charge in [0.05, 0.1) is 11.6 Å². The van der Waals surface area contributed by atoms with Gasteiger partial charge in [0.15, 0.2) is 5.82 Å². The summed E-state index contributed by atoms with van der Waals surface area (Å²) < 4.78 is 5.79. The van der Waals surface area contributed by atoms with Crippen molar-refractivity contribution < 1.29 is 4.74 Å². The monoisotopic (exact) mass is 276 g/mol. The van der Waals surface area contributed by atoms with Crippen molar-refractivity contribution in [2.45, 2.75) is 25.8 Å². The highest BCUT2D eigenvalue weighted by molar-refractivity contribution is 6.16. The molecular weight excluding hydrogens is 260 g/mol. The van der Waals surface area contributed by atoms with Gasteiger partial charge >= 0.3 is 0 Å². The number of hydrogen-bond acceptors (Lipinski definition) is 3. The summed E-state index contributed by atoms with van der Waals surface area (Å²) in [5.41, 5.74) is 2.91. The Hall–Kier alpha value is -1.45. The van der Waals surface area contributed by atoms with Gasteiger partial charge in [-0.2, -0.15) is 0 Å². The molecule has 0 saturated heterocycles. The van der Waals surface area contributed by atoms with Crippen molar-refractivity contribution in [2.24, 2.45) is 0 Å². The van der Waals surface area contributed by atoms with E-state index >= 15 is 0 Å². The lowest BCUT2D eigenvalue weighted by Gasteiger charge is -2.17. The highest BCUT2D eigenvalue weighted by atomic mass is 35.5. The summed E-state index contributed by atoms with van der Waals surface area (Å²) in [5.74, 6) is 1.05. The lowest BCUT2D eigenvalue weighted by Crippen LogP contribution is -2.12. The number of hydrogen-bond donors (Lipinski definition) is 0. The highest BCUT2D eigenvalue weighted by Gasteiger charge is 2.18. The smallest absolute Gasteiger partial charge is 0.162 e. The van der Waals surface area contributed by atoms with Crippen molar-refractivity contribution in [3.8, 4) is 0 Å². The third-order valence-electron chi connectivity index (χ3n) is 2.89. The molecule has 1 unspecified atom stereocenters. The zero-order valence-electron chi connectivity index (χ0n) is 11.1. The minimum absolute atomic E-state index is 0.242. The first-order valence-corrected chi connectivity index (χ1v) is 6.84. The molecule has 0 aliphatic carbocycles. The first-order chi connectivity index (χ1) is 9.26. The van der Waals surface area contributed by atoms with E-state index in [-0.39, 0.29) is 6.10 Å². The van der Waals surface area contributed by atoms with Crippen LogP contribution >= 0.6 is 11.6 Å². The number of aryl methyl sites for hydroxylation is 1. The van der Waals surface area contributed by atoms with Crippen molar-refractivity contribution in [1.82, 2.24) is 9.97 Å². The molecule has 0 fully saturated rings. The van der Waals surface area contributed by atoms with E-state index in [1.807, 2.05) is 44.2 Å². The van der Waals surface area contributed by atoms with E-state index in [9.17, 15) is 0 Å². The molecule has 2 aromatic rings. The highest BCUT2D eigenvalue weighted by Crippen LogP contribution is 2.23. The minimum atomic E-state index is -0.242. The standard InChI is InChI=1S/C15H17ClN2O/c1-3-19-14(12-7-5-4-6-8-12)15-17-10-11(2)13(9-16)18-15/h4-8,10,14H,3,9H2,1-2H3. The molecule has 100 valence electrons. The van der Waals surface area contributed by atoms with Crippen molar-refractivity contribution in [3.05, 3.63) is 59.2 Å². The fourth-order valence-corrected chi connectivity index (χ4v) is 2.14. The van der Waals surface area contributed by atoms with Gasteiger partial charge < -0.3 is 4.74 Å². The topological polar surface area (TPSA) is 35.0 Å². The molecule has 1 aromatic carbocycles. The molecule has 1 atom stereocenters. The van der Waals surface area contributed by atoms with E-state index < -0.39 is 0 Å². The number of halogens is 1. The summed E-state index contributed by atoms with van der Waals surface area (Å²) in [6.45, 7) is 4.53. The van der Waals surface area contributed by atoms with Gasteiger partial charge in [-0.25, -0.2) is 9.97 Å². The van der Waals surface area contributed by atoms with Crippen LogP contribution in [0.4, 0.5) is 0 Å². The zero-order chi connectivity index (χ0) is 13.7. The van der Waals surface area contributed by atoms with E-state index in [0.29, 0.717) is 18.3 Å². The van der Waals surface area contributed by atoms with Crippen LogP contribution in [0, 0.1) is 6.92 Å². The van der Waals surface area contributed by atoms with Crippen molar-refractivity contribution in [3.63, 3.8) is 0 Å². The second-order valence-electron chi connectivity index (χ2n) is 4.24. The third kappa shape index (κ3) is 3.31. The molecule has 0 bridgehead atoms. The lowest BCUT2D eigenvalue weighted by molar-refractivity contribution is 0.0849. The Bertz CT molecular complexity index is 531. The quantitative estimate of drug-likeness (QED) is 0.782. The van der Waals surface area contributed by atoms with E-state index in [1.54, 1.807) is 6.20 Å². The number of alkyl halides is 1. The van der Waals surface area contributed by atoms with Crippen LogP contribution in [-0.2, 0) is 10.6 Å². The SMILES string of the molecule is CCOC(c1ccccc1)c1ncc(C)c(CCl)n1. The van der Waals surface area contributed by atoms with Crippen molar-refractivity contribution >= 4 is 11.6 Å². The number of nitrogens with zero attached hydrogens (tertiary/aromatic N) is 2. The Morgan fingerprint density at radius 3 is 2.63 bits per heavy atom. The summed E-state index contributed by atoms with van der Waals surface area (Å²) in [7, 11) is 0. The minimum Gasteiger partial charge on any atom is -0.366 e. The molecule has 0 radical (unpaired) electrons. The Labute approximate surface area is 118 Å². The Kier molecular flexibility index (Phi) is 4.88. The molecule has 2 rings (SSSR count). The molecule has 1 aromatic heterocycles. The van der Waals surface area contributed by atoms with Gasteiger partial charge in [0.1, 0.15) is 6.10 Å². The van der Waals surface area contributed by atoms with Crippen LogP contribution in [0.15, 0.2) is 36.5 Å². The number of ether oxygens (including phenoxy) is 1. The number of aromatic nitrogens is 2. The van der Waals surface area contributed by atoms with Gasteiger partial charge in [0.25, 0.3) is 0 Å². The fraction of sp³-hybridized carbons (Fsp3) is 0.333. The number of rotatable bonds is 5. The van der Waals surface area contributed by atoms with Crippen LogP contribution in [0.2, 0.25) is 0 Å². The normalized spacial score (nSPS) is 12.4. The molecule has 0 spiro atoms. The first-order valence-electron chi connectivity index (χ1n) is 6.31. The Balaban J connectivity index is 2.39. The maximum absolute atomic E-state index is 5.90. The Morgan fingerprint density at radius 2 is 2.00 bits per heavy atom. The van der Waals surface area contributed by atoms with Gasteiger partial charge in [-0.3, -0.25) is 0 Å². The molecule has 0 aliphatic heterocycles. The maximum Gasteiger partial charge on any atom is 0.162 e. The second-order valence-corrected chi connectivity index (χ2v) is 4.50. The van der Waals surface area contributed by atoms with Crippen LogP contribution < -0.4 is 0 Å². The van der Waals surface area contributed by atoms with E-state index in [1.165, 1.54) is 0 Å². The molecular formula is C15H17ClN2O. The van der Waals surface area contributed by atoms with Gasteiger partial charge in [-0.15, -0.1) is 11.6 Å². The predicted molar refractivity (Wildman–Crippen MR) is 76.2 cm³/mol. The van der Waals surface area contributed by atoms with Gasteiger partial charge in [0, 0.05) is 12.8 Å². The molecule has 1 heterocycles. The third-order valence-corrected chi connectivity index (χ3v) is 3.15. The summed E-state index contributed by atoms with van der Waals surface area (Å²) in [6, 6.07) is 9.98. The summed E-state index contributed by atoms with van der Waals surface area (Å²) in [6.07, 6.45) is 1.56. The zero-order valence-corrected chi connectivity index (χ0v) is 11.9. The molecule has 0 aliphatic rings. The largest absolute Gasteiger partial charge is 0.366 e. The maximum atomic E-state index is 5.90. The van der Waals surface area contributed by atoms with Crippen LogP contribution in [0.25, 0.3) is 0 Å². The van der Waals surface area contributed by atoms with Gasteiger partial charge in [-0.1, -0.05) is 30.3 Å². The predicted octanol–water partition coefficient (Wildman–Crippen LogP) is 3.65. The van der Waals surface area contributed by atoms with Gasteiger partial charge in [-0.05, 0) is 25.0 Å². The van der Waals surface area contributed by atoms with E-state index in [0.717, 1.165) is 16.8 Å². The fourth-order valence-electron chi connectivity index (χ4n) is 1.87. The van der Waals surface area contributed by atoms with Crippen molar-refractivity contribution in [2.75, 3.05) is 6.61 Å². The molecule has 0 N–H and O–H groups in total. The first kappa shape index (κ1) is 14.0. The molecule has 0 amide bonds. The van der Waals surface area contributed by atoms with E-state index in [2.05, 4.69) is 9.97 Å². The lowest BCUT2D eigenvalue weighted by atomic mass is 10.1. The molecule has 3 nitrogen and oxygen atoms in total. The van der Waals surface area contributed by atoms with Crippen LogP contribution in [0.1, 0.15) is 35.7 Å².